The predicted octanol–water partition coefficient (Wildman–Crippen LogP) is 5.63. The molecule has 0 unspecified atom stereocenters. The average Bonchev–Trinajstić information content (AvgIpc) is 3.59. The van der Waals surface area contributed by atoms with Gasteiger partial charge < -0.3 is 29.3 Å². The minimum atomic E-state index is -1.16. The molecule has 1 N–H and O–H groups in total. The number of halogens is 1. The fraction of sp³-hybridized carbons (Fsp3) is 0.432. The van der Waals surface area contributed by atoms with E-state index in [0.29, 0.717) is 50.7 Å². The maximum atomic E-state index is 13.3. The zero-order valence-corrected chi connectivity index (χ0v) is 32.7. The molecule has 2 aromatic carbocycles. The number of anilines is 1. The molecule has 12 nitrogen and oxygen atoms in total. The smallest absolute Gasteiger partial charge is 0.291 e. The zero-order valence-electron chi connectivity index (χ0n) is 30.9. The maximum absolute atomic E-state index is 13.3. The number of ether oxygens (including phenoxy) is 1. The van der Waals surface area contributed by atoms with Gasteiger partial charge in [-0.1, -0.05) is 55.5 Å². The Labute approximate surface area is 306 Å². The molecule has 5 rings (SSSR count). The number of aromatic nitrogens is 4. The number of aryl methyl sites for hydroxylation is 1. The van der Waals surface area contributed by atoms with Gasteiger partial charge in [-0.2, -0.15) is 5.10 Å². The number of amides is 3. The van der Waals surface area contributed by atoms with Gasteiger partial charge in [0, 0.05) is 64.9 Å². The molecule has 0 saturated carbocycles. The second-order valence-electron chi connectivity index (χ2n) is 14.6. The van der Waals surface area contributed by atoms with Crippen LogP contribution in [0.5, 0.6) is 0 Å². The standard InChI is InChI=1S/C37H49ClN8O4Si/c1-25-34(26(2)46(41-25)24-50-19-20-51(6,7)8)28-11-9-27(10-12-28)32-22-39-35(43(32)5)36(48)40-29-13-14-30(31(38)21-29)37(49)45-17-15-44(16-18-45)33(47)23-42(3)4/h9-14,21-22H,15-20,23-24H2,1-8H3,(H,40,48). The van der Waals surface area contributed by atoms with Gasteiger partial charge in [0.25, 0.3) is 11.8 Å². The number of carbonyl (C=O) groups is 3. The first-order chi connectivity index (χ1) is 24.1. The number of hydrogen-bond acceptors (Lipinski definition) is 7. The van der Waals surface area contributed by atoms with Crippen LogP contribution in [0, 0.1) is 13.8 Å². The largest absolute Gasteiger partial charge is 0.360 e. The van der Waals surface area contributed by atoms with Gasteiger partial charge in [0.05, 0.1) is 34.7 Å². The summed E-state index contributed by atoms with van der Waals surface area (Å²) in [6, 6.07) is 14.1. The van der Waals surface area contributed by atoms with Crippen LogP contribution in [0.1, 0.15) is 32.4 Å². The topological polar surface area (TPSA) is 118 Å². The van der Waals surface area contributed by atoms with Crippen molar-refractivity contribution in [3.8, 4) is 22.4 Å². The van der Waals surface area contributed by atoms with Gasteiger partial charge in [0.1, 0.15) is 6.73 Å². The van der Waals surface area contributed by atoms with Crippen LogP contribution in [0.25, 0.3) is 22.4 Å². The van der Waals surface area contributed by atoms with Crippen LogP contribution in [0.4, 0.5) is 5.69 Å². The van der Waals surface area contributed by atoms with E-state index in [9.17, 15) is 14.4 Å². The van der Waals surface area contributed by atoms with E-state index in [4.69, 9.17) is 21.4 Å². The highest BCUT2D eigenvalue weighted by molar-refractivity contribution is 6.76. The highest BCUT2D eigenvalue weighted by Gasteiger charge is 2.26. The molecule has 272 valence electrons. The van der Waals surface area contributed by atoms with Gasteiger partial charge in [-0.05, 0) is 63.3 Å². The third-order valence-electron chi connectivity index (χ3n) is 9.08. The van der Waals surface area contributed by atoms with E-state index < -0.39 is 14.0 Å². The van der Waals surface area contributed by atoms with Gasteiger partial charge in [-0.25, -0.2) is 9.67 Å². The Bertz CT molecular complexity index is 1890. The first-order valence-electron chi connectivity index (χ1n) is 17.2. The lowest BCUT2D eigenvalue weighted by Crippen LogP contribution is -2.52. The summed E-state index contributed by atoms with van der Waals surface area (Å²) < 4.78 is 9.62. The van der Waals surface area contributed by atoms with E-state index >= 15 is 0 Å². The summed E-state index contributed by atoms with van der Waals surface area (Å²) in [7, 11) is 4.35. The molecule has 51 heavy (non-hydrogen) atoms. The van der Waals surface area contributed by atoms with Crippen LogP contribution in [-0.4, -0.2) is 113 Å². The van der Waals surface area contributed by atoms with Gasteiger partial charge in [-0.15, -0.1) is 0 Å². The number of piperazine rings is 1. The lowest BCUT2D eigenvalue weighted by molar-refractivity contribution is -0.133. The molecular weight excluding hydrogens is 684 g/mol. The minimum absolute atomic E-state index is 0.0436. The van der Waals surface area contributed by atoms with Gasteiger partial charge in [0.2, 0.25) is 5.91 Å². The van der Waals surface area contributed by atoms with E-state index in [1.807, 2.05) is 42.7 Å². The van der Waals surface area contributed by atoms with Crippen molar-refractivity contribution in [2.75, 3.05) is 58.7 Å². The van der Waals surface area contributed by atoms with Crippen LogP contribution >= 0.6 is 11.6 Å². The molecule has 1 saturated heterocycles. The Morgan fingerprint density at radius 3 is 2.24 bits per heavy atom. The third-order valence-corrected chi connectivity index (χ3v) is 11.1. The Balaban J connectivity index is 1.20. The molecule has 0 atom stereocenters. The number of benzene rings is 2. The molecule has 4 aromatic rings. The second kappa shape index (κ2) is 15.9. The monoisotopic (exact) mass is 732 g/mol. The first-order valence-corrected chi connectivity index (χ1v) is 21.3. The molecule has 3 amide bonds. The molecule has 1 aliphatic rings. The normalized spacial score (nSPS) is 13.6. The van der Waals surface area contributed by atoms with Crippen LogP contribution < -0.4 is 5.32 Å². The van der Waals surface area contributed by atoms with Crippen molar-refractivity contribution in [1.82, 2.24) is 34.0 Å². The van der Waals surface area contributed by atoms with Crippen molar-refractivity contribution in [2.24, 2.45) is 7.05 Å². The molecule has 1 fully saturated rings. The molecule has 2 aromatic heterocycles. The summed E-state index contributed by atoms with van der Waals surface area (Å²) in [6.07, 6.45) is 1.68. The van der Waals surface area contributed by atoms with Crippen molar-refractivity contribution in [1.29, 1.82) is 0 Å². The zero-order chi connectivity index (χ0) is 37.0. The molecule has 0 aliphatic carbocycles. The van der Waals surface area contributed by atoms with E-state index in [0.717, 1.165) is 46.4 Å². The summed E-state index contributed by atoms with van der Waals surface area (Å²) in [6.45, 7) is 14.4. The summed E-state index contributed by atoms with van der Waals surface area (Å²) in [5, 5.41) is 7.82. The number of likely N-dealkylation sites (N-methyl/N-ethyl adjacent to an activating group) is 1. The maximum Gasteiger partial charge on any atom is 0.291 e. The van der Waals surface area contributed by atoms with E-state index in [1.54, 1.807) is 45.8 Å². The van der Waals surface area contributed by atoms with Crippen molar-refractivity contribution in [3.63, 3.8) is 0 Å². The summed E-state index contributed by atoms with van der Waals surface area (Å²) in [5.74, 6) is -0.339. The second-order valence-corrected chi connectivity index (χ2v) is 20.6. The molecule has 1 aliphatic heterocycles. The van der Waals surface area contributed by atoms with E-state index in [1.165, 1.54) is 0 Å². The highest BCUT2D eigenvalue weighted by atomic mass is 35.5. The summed E-state index contributed by atoms with van der Waals surface area (Å²) in [4.78, 5) is 48.6. The van der Waals surface area contributed by atoms with E-state index in [2.05, 4.69) is 49.0 Å². The fourth-order valence-corrected chi connectivity index (χ4v) is 7.14. The number of hydrogen-bond donors (Lipinski definition) is 1. The van der Waals surface area contributed by atoms with Crippen LogP contribution in [-0.2, 0) is 23.3 Å². The molecule has 0 bridgehead atoms. The molecular formula is C37H49ClN8O4Si. The fourth-order valence-electron chi connectivity index (χ4n) is 6.12. The minimum Gasteiger partial charge on any atom is -0.360 e. The lowest BCUT2D eigenvalue weighted by Gasteiger charge is -2.35. The van der Waals surface area contributed by atoms with Crippen LogP contribution in [0.15, 0.2) is 48.7 Å². The Morgan fingerprint density at radius 1 is 0.961 bits per heavy atom. The van der Waals surface area contributed by atoms with Crippen molar-refractivity contribution < 1.29 is 19.1 Å². The van der Waals surface area contributed by atoms with E-state index in [-0.39, 0.29) is 22.7 Å². The Kier molecular flexibility index (Phi) is 11.9. The highest BCUT2D eigenvalue weighted by Crippen LogP contribution is 2.30. The number of imidazole rings is 1. The summed E-state index contributed by atoms with van der Waals surface area (Å²) in [5.41, 5.74) is 6.62. The number of carbonyl (C=O) groups excluding carboxylic acids is 3. The van der Waals surface area contributed by atoms with Crippen molar-refractivity contribution in [2.45, 2.75) is 46.3 Å². The molecule has 14 heteroatoms. The molecule has 0 spiro atoms. The first kappa shape index (κ1) is 37.9. The van der Waals surface area contributed by atoms with Crippen molar-refractivity contribution >= 4 is 43.1 Å². The quantitative estimate of drug-likeness (QED) is 0.148. The number of rotatable bonds is 12. The van der Waals surface area contributed by atoms with Gasteiger partial charge >= 0.3 is 0 Å². The van der Waals surface area contributed by atoms with Crippen molar-refractivity contribution in [3.05, 3.63) is 76.5 Å². The SMILES string of the molecule is Cc1nn(COCC[Si](C)(C)C)c(C)c1-c1ccc(-c2cnc(C(=O)Nc3ccc(C(=O)N4CCN(C(=O)CN(C)C)CC4)c(Cl)c3)n2C)cc1. The Morgan fingerprint density at radius 2 is 1.61 bits per heavy atom. The average molecular weight is 733 g/mol. The lowest BCUT2D eigenvalue weighted by atomic mass is 10.0. The van der Waals surface area contributed by atoms with Gasteiger partial charge in [-0.3, -0.25) is 14.4 Å². The number of nitrogens with one attached hydrogen (secondary N) is 1. The predicted molar refractivity (Wildman–Crippen MR) is 204 cm³/mol. The third kappa shape index (κ3) is 9.14. The molecule has 0 radical (unpaired) electrons. The van der Waals surface area contributed by atoms with Gasteiger partial charge in [0.15, 0.2) is 5.82 Å². The Hall–Kier alpha value is -4.30. The van der Waals surface area contributed by atoms with Crippen LogP contribution in [0.3, 0.4) is 0 Å². The number of nitrogens with zero attached hydrogens (tertiary/aromatic N) is 7. The van der Waals surface area contributed by atoms with Crippen LogP contribution in [0.2, 0.25) is 30.7 Å². The molecule has 3 heterocycles. The summed E-state index contributed by atoms with van der Waals surface area (Å²) >= 11 is 6.55.